The standard InChI is InChI=1S/C19H18ClN3OS/c1-13-10-18(23(22-13)12-14-6-4-3-5-7-14)21-19(24)16-11-15(25-2)8-9-17(16)20/h3-11H,12H2,1-2H3,(H,21,24). The van der Waals surface area contributed by atoms with Gasteiger partial charge in [-0.05, 0) is 36.9 Å². The molecule has 3 rings (SSSR count). The molecule has 0 radical (unpaired) electrons. The Morgan fingerprint density at radius 1 is 1.20 bits per heavy atom. The van der Waals surface area contributed by atoms with Gasteiger partial charge in [0.05, 0.1) is 22.8 Å². The first-order valence-corrected chi connectivity index (χ1v) is 9.40. The number of carbonyl (C=O) groups excluding carboxylic acids is 1. The molecule has 0 aliphatic rings. The number of rotatable bonds is 5. The number of amides is 1. The molecule has 0 saturated heterocycles. The molecule has 0 atom stereocenters. The molecule has 0 spiro atoms. The van der Waals surface area contributed by atoms with Crippen LogP contribution < -0.4 is 5.32 Å². The van der Waals surface area contributed by atoms with Crippen molar-refractivity contribution in [2.45, 2.75) is 18.4 Å². The van der Waals surface area contributed by atoms with E-state index in [9.17, 15) is 4.79 Å². The summed E-state index contributed by atoms with van der Waals surface area (Å²) >= 11 is 7.76. The van der Waals surface area contributed by atoms with Crippen LogP contribution in [0.15, 0.2) is 59.5 Å². The monoisotopic (exact) mass is 371 g/mol. The Morgan fingerprint density at radius 2 is 1.96 bits per heavy atom. The van der Waals surface area contributed by atoms with E-state index in [2.05, 4.69) is 10.4 Å². The fourth-order valence-corrected chi connectivity index (χ4v) is 3.16. The maximum Gasteiger partial charge on any atom is 0.258 e. The highest BCUT2D eigenvalue weighted by molar-refractivity contribution is 7.98. The Bertz CT molecular complexity index is 893. The van der Waals surface area contributed by atoms with E-state index in [1.165, 1.54) is 0 Å². The highest BCUT2D eigenvalue weighted by atomic mass is 35.5. The Morgan fingerprint density at radius 3 is 2.68 bits per heavy atom. The van der Waals surface area contributed by atoms with Crippen molar-refractivity contribution >= 4 is 35.1 Å². The van der Waals surface area contributed by atoms with Crippen LogP contribution in [0.1, 0.15) is 21.6 Å². The van der Waals surface area contributed by atoms with Gasteiger partial charge in [-0.1, -0.05) is 41.9 Å². The third-order valence-electron chi connectivity index (χ3n) is 3.74. The average molecular weight is 372 g/mol. The third-order valence-corrected chi connectivity index (χ3v) is 4.79. The Hall–Kier alpha value is -2.24. The van der Waals surface area contributed by atoms with Crippen LogP contribution in [0.5, 0.6) is 0 Å². The molecular weight excluding hydrogens is 354 g/mol. The molecule has 0 unspecified atom stereocenters. The molecule has 1 amide bonds. The van der Waals surface area contributed by atoms with Gasteiger partial charge in [0.2, 0.25) is 0 Å². The summed E-state index contributed by atoms with van der Waals surface area (Å²) in [6.45, 7) is 2.49. The lowest BCUT2D eigenvalue weighted by molar-refractivity contribution is 0.102. The smallest absolute Gasteiger partial charge is 0.258 e. The van der Waals surface area contributed by atoms with E-state index in [1.807, 2.05) is 55.6 Å². The predicted octanol–water partition coefficient (Wildman–Crippen LogP) is 4.87. The Balaban J connectivity index is 1.84. The summed E-state index contributed by atoms with van der Waals surface area (Å²) in [5.41, 5.74) is 2.41. The number of nitrogens with one attached hydrogen (secondary N) is 1. The second kappa shape index (κ2) is 7.76. The number of benzene rings is 2. The van der Waals surface area contributed by atoms with Crippen LogP contribution in [-0.4, -0.2) is 21.9 Å². The van der Waals surface area contributed by atoms with Crippen molar-refractivity contribution in [3.63, 3.8) is 0 Å². The summed E-state index contributed by atoms with van der Waals surface area (Å²) in [5, 5.41) is 7.83. The van der Waals surface area contributed by atoms with E-state index in [0.29, 0.717) is 22.9 Å². The number of aromatic nitrogens is 2. The van der Waals surface area contributed by atoms with Gasteiger partial charge in [-0.25, -0.2) is 4.68 Å². The number of hydrogen-bond donors (Lipinski definition) is 1. The highest BCUT2D eigenvalue weighted by Crippen LogP contribution is 2.24. The molecular formula is C19H18ClN3OS. The zero-order chi connectivity index (χ0) is 17.8. The van der Waals surface area contributed by atoms with Crippen LogP contribution >= 0.6 is 23.4 Å². The molecule has 4 nitrogen and oxygen atoms in total. The van der Waals surface area contributed by atoms with E-state index in [1.54, 1.807) is 28.6 Å². The first-order valence-electron chi connectivity index (χ1n) is 7.80. The molecule has 0 fully saturated rings. The van der Waals surface area contributed by atoms with Crippen LogP contribution in [0.25, 0.3) is 0 Å². The minimum atomic E-state index is -0.241. The molecule has 3 aromatic rings. The lowest BCUT2D eigenvalue weighted by atomic mass is 10.2. The summed E-state index contributed by atoms with van der Waals surface area (Å²) in [6, 6.07) is 17.3. The van der Waals surface area contributed by atoms with Crippen molar-refractivity contribution in [3.05, 3.63) is 76.4 Å². The van der Waals surface area contributed by atoms with Crippen LogP contribution in [0, 0.1) is 6.92 Å². The van der Waals surface area contributed by atoms with Gasteiger partial charge < -0.3 is 5.32 Å². The third kappa shape index (κ3) is 4.24. The van der Waals surface area contributed by atoms with E-state index in [0.717, 1.165) is 16.2 Å². The van der Waals surface area contributed by atoms with Crippen LogP contribution in [0.4, 0.5) is 5.82 Å². The molecule has 0 aliphatic heterocycles. The fraction of sp³-hybridized carbons (Fsp3) is 0.158. The summed E-state index contributed by atoms with van der Waals surface area (Å²) in [7, 11) is 0. The van der Waals surface area contributed by atoms with Crippen molar-refractivity contribution in [3.8, 4) is 0 Å². The molecule has 128 valence electrons. The average Bonchev–Trinajstić information content (AvgIpc) is 2.95. The van der Waals surface area contributed by atoms with Gasteiger partial charge in [0.25, 0.3) is 5.91 Å². The van der Waals surface area contributed by atoms with E-state index < -0.39 is 0 Å². The second-order valence-corrected chi connectivity index (χ2v) is 6.90. The maximum absolute atomic E-state index is 12.7. The highest BCUT2D eigenvalue weighted by Gasteiger charge is 2.15. The van der Waals surface area contributed by atoms with Gasteiger partial charge in [0.15, 0.2) is 0 Å². The first-order chi connectivity index (χ1) is 12.1. The lowest BCUT2D eigenvalue weighted by Crippen LogP contribution is -2.16. The lowest BCUT2D eigenvalue weighted by Gasteiger charge is -2.10. The van der Waals surface area contributed by atoms with Crippen molar-refractivity contribution in [1.82, 2.24) is 9.78 Å². The summed E-state index contributed by atoms with van der Waals surface area (Å²) < 4.78 is 1.79. The number of halogens is 1. The van der Waals surface area contributed by atoms with Gasteiger partial charge in [0, 0.05) is 11.0 Å². The number of carbonyl (C=O) groups is 1. The zero-order valence-electron chi connectivity index (χ0n) is 14.0. The number of hydrogen-bond acceptors (Lipinski definition) is 3. The van der Waals surface area contributed by atoms with Crippen molar-refractivity contribution in [2.24, 2.45) is 0 Å². The van der Waals surface area contributed by atoms with Crippen LogP contribution in [0.2, 0.25) is 5.02 Å². The number of nitrogens with zero attached hydrogens (tertiary/aromatic N) is 2. The van der Waals surface area contributed by atoms with E-state index in [-0.39, 0.29) is 5.91 Å². The fourth-order valence-electron chi connectivity index (χ4n) is 2.51. The Labute approximate surface area is 156 Å². The number of aryl methyl sites for hydroxylation is 1. The van der Waals surface area contributed by atoms with Crippen molar-refractivity contribution < 1.29 is 4.79 Å². The van der Waals surface area contributed by atoms with Crippen molar-refractivity contribution in [1.29, 1.82) is 0 Å². The molecule has 0 bridgehead atoms. The molecule has 25 heavy (non-hydrogen) atoms. The summed E-state index contributed by atoms with van der Waals surface area (Å²) in [6.07, 6.45) is 1.96. The molecule has 2 aromatic carbocycles. The van der Waals surface area contributed by atoms with Crippen LogP contribution in [-0.2, 0) is 6.54 Å². The van der Waals surface area contributed by atoms with Crippen molar-refractivity contribution in [2.75, 3.05) is 11.6 Å². The van der Waals surface area contributed by atoms with E-state index >= 15 is 0 Å². The largest absolute Gasteiger partial charge is 0.307 e. The quantitative estimate of drug-likeness (QED) is 0.651. The molecule has 0 aliphatic carbocycles. The molecule has 1 N–H and O–H groups in total. The Kier molecular flexibility index (Phi) is 5.46. The van der Waals surface area contributed by atoms with Crippen LogP contribution in [0.3, 0.4) is 0 Å². The minimum Gasteiger partial charge on any atom is -0.307 e. The molecule has 1 heterocycles. The van der Waals surface area contributed by atoms with Gasteiger partial charge in [0.1, 0.15) is 5.82 Å². The van der Waals surface area contributed by atoms with Gasteiger partial charge in [-0.3, -0.25) is 4.79 Å². The van der Waals surface area contributed by atoms with Gasteiger partial charge in [-0.15, -0.1) is 11.8 Å². The first kappa shape index (κ1) is 17.6. The molecule has 1 aromatic heterocycles. The summed E-state index contributed by atoms with van der Waals surface area (Å²) in [4.78, 5) is 13.7. The number of thioether (sulfide) groups is 1. The van der Waals surface area contributed by atoms with E-state index in [4.69, 9.17) is 11.6 Å². The SMILES string of the molecule is CSc1ccc(Cl)c(C(=O)Nc2cc(C)nn2Cc2ccccc2)c1. The molecule has 0 saturated carbocycles. The predicted molar refractivity (Wildman–Crippen MR) is 104 cm³/mol. The van der Waals surface area contributed by atoms with Gasteiger partial charge in [-0.2, -0.15) is 5.10 Å². The maximum atomic E-state index is 12.7. The number of anilines is 1. The normalized spacial score (nSPS) is 10.7. The second-order valence-electron chi connectivity index (χ2n) is 5.61. The topological polar surface area (TPSA) is 46.9 Å². The zero-order valence-corrected chi connectivity index (χ0v) is 15.6. The molecule has 6 heteroatoms. The van der Waals surface area contributed by atoms with Gasteiger partial charge >= 0.3 is 0 Å². The summed E-state index contributed by atoms with van der Waals surface area (Å²) in [5.74, 6) is 0.409. The minimum absolute atomic E-state index is 0.241.